The van der Waals surface area contributed by atoms with Crippen LogP contribution < -0.4 is 10.1 Å². The van der Waals surface area contributed by atoms with Crippen LogP contribution in [0.4, 0.5) is 0 Å². The molecule has 5 rings (SSSR count). The highest BCUT2D eigenvalue weighted by molar-refractivity contribution is 8.00. The molecule has 3 aliphatic heterocycles. The average molecular weight is 539 g/mol. The van der Waals surface area contributed by atoms with Gasteiger partial charge in [-0.2, -0.15) is 0 Å². The van der Waals surface area contributed by atoms with Crippen LogP contribution in [0.25, 0.3) is 0 Å². The van der Waals surface area contributed by atoms with Gasteiger partial charge in [0.1, 0.15) is 35.6 Å². The highest BCUT2D eigenvalue weighted by Crippen LogP contribution is 2.44. The normalized spacial score (nSPS) is 26.7. The number of hydrogen-bond acceptors (Lipinski definition) is 8. The number of ether oxygens (including phenoxy) is 3. The Morgan fingerprint density at radius 2 is 1.84 bits per heavy atom. The van der Waals surface area contributed by atoms with Gasteiger partial charge in [0.2, 0.25) is 11.8 Å². The summed E-state index contributed by atoms with van der Waals surface area (Å²) in [5.41, 5.74) is 1.62. The lowest BCUT2D eigenvalue weighted by molar-refractivity contribution is -0.172. The fraction of sp³-hybridized carbons (Fsp3) is 0.429. The van der Waals surface area contributed by atoms with Crippen molar-refractivity contribution < 1.29 is 33.4 Å². The summed E-state index contributed by atoms with van der Waals surface area (Å²) >= 11 is 1.48. The Labute approximate surface area is 225 Å². The van der Waals surface area contributed by atoms with Gasteiger partial charge in [0.25, 0.3) is 0 Å². The third-order valence-corrected chi connectivity index (χ3v) is 8.69. The minimum Gasteiger partial charge on any atom is -0.497 e. The molecule has 0 spiro atoms. The van der Waals surface area contributed by atoms with Crippen molar-refractivity contribution >= 4 is 35.3 Å². The Hall–Kier alpha value is -3.37. The highest BCUT2D eigenvalue weighted by Gasteiger charge is 2.60. The number of esters is 1. The van der Waals surface area contributed by atoms with E-state index < -0.39 is 35.3 Å². The second kappa shape index (κ2) is 11.6. The van der Waals surface area contributed by atoms with Crippen molar-refractivity contribution in [2.75, 3.05) is 26.1 Å². The number of rotatable bonds is 8. The van der Waals surface area contributed by atoms with E-state index in [0.717, 1.165) is 11.1 Å². The standard InChI is InChI=1S/C28H30N2O7S/c1-35-19-9-7-18(8-10-19)14-37-28(34)25-21(20-15-36-12-11-22(20)31)16-38-27-24(26(33)30(25)27)29-23(32)13-17-5-3-2-4-6-17/h2-10,20-21,24-25,27H,11-16H2,1H3,(H,29,32)/t20?,21?,24-,25?,27-/m1/s1. The second-order valence-electron chi connectivity index (χ2n) is 9.64. The number of carbonyl (C=O) groups is 4. The fourth-order valence-electron chi connectivity index (χ4n) is 5.21. The first kappa shape index (κ1) is 26.2. The molecular weight excluding hydrogens is 508 g/mol. The molecule has 0 aliphatic carbocycles. The minimum absolute atomic E-state index is 0.0260. The number of β-lactam (4-membered cyclic amide) rings is 1. The number of ketones is 1. The fourth-order valence-corrected chi connectivity index (χ4v) is 6.82. The van der Waals surface area contributed by atoms with Crippen LogP contribution in [0.3, 0.4) is 0 Å². The van der Waals surface area contributed by atoms with E-state index in [1.54, 1.807) is 31.4 Å². The summed E-state index contributed by atoms with van der Waals surface area (Å²) in [7, 11) is 1.57. The van der Waals surface area contributed by atoms with Crippen LogP contribution in [0.2, 0.25) is 0 Å². The van der Waals surface area contributed by atoms with E-state index in [4.69, 9.17) is 14.2 Å². The topological polar surface area (TPSA) is 111 Å². The zero-order valence-corrected chi connectivity index (χ0v) is 21.9. The molecule has 9 nitrogen and oxygen atoms in total. The third-order valence-electron chi connectivity index (χ3n) is 7.27. The zero-order valence-electron chi connectivity index (χ0n) is 21.0. The lowest BCUT2D eigenvalue weighted by Gasteiger charge is -2.55. The van der Waals surface area contributed by atoms with E-state index in [0.29, 0.717) is 18.1 Å². The van der Waals surface area contributed by atoms with Crippen LogP contribution in [-0.4, -0.2) is 72.0 Å². The van der Waals surface area contributed by atoms with E-state index in [2.05, 4.69) is 5.32 Å². The molecule has 2 aromatic rings. The van der Waals surface area contributed by atoms with Crippen LogP contribution in [0.15, 0.2) is 54.6 Å². The van der Waals surface area contributed by atoms with Crippen LogP contribution >= 0.6 is 11.8 Å². The van der Waals surface area contributed by atoms with Gasteiger partial charge >= 0.3 is 5.97 Å². The smallest absolute Gasteiger partial charge is 0.329 e. The van der Waals surface area contributed by atoms with Crippen LogP contribution in [0.5, 0.6) is 5.75 Å². The quantitative estimate of drug-likeness (QED) is 0.401. The Balaban J connectivity index is 1.30. The van der Waals surface area contributed by atoms with Gasteiger partial charge in [-0.1, -0.05) is 42.5 Å². The van der Waals surface area contributed by atoms with E-state index >= 15 is 0 Å². The van der Waals surface area contributed by atoms with Gasteiger partial charge in [0.05, 0.1) is 26.7 Å². The summed E-state index contributed by atoms with van der Waals surface area (Å²) in [6.45, 7) is 0.608. The van der Waals surface area contributed by atoms with Crippen molar-refractivity contribution in [3.8, 4) is 5.75 Å². The summed E-state index contributed by atoms with van der Waals surface area (Å²) in [5, 5.41) is 2.43. The summed E-state index contributed by atoms with van der Waals surface area (Å²) < 4.78 is 16.4. The van der Waals surface area contributed by atoms with Crippen molar-refractivity contribution in [2.24, 2.45) is 11.8 Å². The monoisotopic (exact) mass is 538 g/mol. The maximum absolute atomic E-state index is 13.5. The predicted molar refractivity (Wildman–Crippen MR) is 139 cm³/mol. The number of Topliss-reactive ketones (excluding diaryl/α,β-unsaturated/α-hetero) is 1. The molecule has 0 bridgehead atoms. The molecule has 5 atom stereocenters. The van der Waals surface area contributed by atoms with Crippen molar-refractivity contribution in [2.45, 2.75) is 36.9 Å². The van der Waals surface area contributed by atoms with Gasteiger partial charge in [-0.15, -0.1) is 11.8 Å². The number of methoxy groups -OCH3 is 1. The number of nitrogens with zero attached hydrogens (tertiary/aromatic N) is 1. The molecule has 38 heavy (non-hydrogen) atoms. The molecule has 2 amide bonds. The molecule has 0 saturated carbocycles. The van der Waals surface area contributed by atoms with E-state index in [1.165, 1.54) is 16.7 Å². The summed E-state index contributed by atoms with van der Waals surface area (Å²) in [6, 6.07) is 14.8. The first-order chi connectivity index (χ1) is 18.5. The SMILES string of the molecule is COc1ccc(COC(=O)C2C(C3COCCC3=O)CS[C@@H]3[C@H](NC(=O)Cc4ccccc4)C(=O)N23)cc1. The Kier molecular flexibility index (Phi) is 7.99. The molecule has 3 fully saturated rings. The van der Waals surface area contributed by atoms with Crippen molar-refractivity contribution in [3.05, 3.63) is 65.7 Å². The molecule has 2 aromatic carbocycles. The number of thioether (sulfide) groups is 1. The molecule has 3 saturated heterocycles. The maximum Gasteiger partial charge on any atom is 0.329 e. The van der Waals surface area contributed by atoms with Crippen LogP contribution in [0, 0.1) is 11.8 Å². The molecule has 3 heterocycles. The third kappa shape index (κ3) is 5.42. The molecule has 10 heteroatoms. The Bertz CT molecular complexity index is 1190. The average Bonchev–Trinajstić information content (AvgIpc) is 2.95. The van der Waals surface area contributed by atoms with Gasteiger partial charge in [0, 0.05) is 24.0 Å². The Morgan fingerprint density at radius 3 is 2.55 bits per heavy atom. The number of benzene rings is 2. The molecule has 0 aromatic heterocycles. The molecule has 0 radical (unpaired) electrons. The molecule has 200 valence electrons. The molecule has 3 unspecified atom stereocenters. The highest BCUT2D eigenvalue weighted by atomic mass is 32.2. The van der Waals surface area contributed by atoms with E-state index in [-0.39, 0.29) is 43.7 Å². The number of amides is 2. The van der Waals surface area contributed by atoms with Gasteiger partial charge in [-0.3, -0.25) is 14.4 Å². The zero-order chi connectivity index (χ0) is 26.6. The van der Waals surface area contributed by atoms with Crippen LogP contribution in [0.1, 0.15) is 17.5 Å². The van der Waals surface area contributed by atoms with E-state index in [9.17, 15) is 19.2 Å². The first-order valence-corrected chi connectivity index (χ1v) is 13.7. The number of hydrogen-bond donors (Lipinski definition) is 1. The maximum atomic E-state index is 13.5. The number of nitrogens with one attached hydrogen (secondary N) is 1. The Morgan fingerprint density at radius 1 is 1.08 bits per heavy atom. The predicted octanol–water partition coefficient (Wildman–Crippen LogP) is 1.97. The van der Waals surface area contributed by atoms with Crippen molar-refractivity contribution in [1.82, 2.24) is 10.2 Å². The van der Waals surface area contributed by atoms with Gasteiger partial charge in [-0.25, -0.2) is 4.79 Å². The largest absolute Gasteiger partial charge is 0.497 e. The summed E-state index contributed by atoms with van der Waals surface area (Å²) in [5.74, 6) is -0.884. The molecular formula is C28H30N2O7S. The minimum atomic E-state index is -0.926. The number of carbonyl (C=O) groups excluding carboxylic acids is 4. The van der Waals surface area contributed by atoms with E-state index in [1.807, 2.05) is 30.3 Å². The summed E-state index contributed by atoms with van der Waals surface area (Å²) in [6.07, 6.45) is 0.445. The lowest BCUT2D eigenvalue weighted by Crippen LogP contribution is -2.76. The number of fused-ring (bicyclic) bond motifs is 1. The lowest BCUT2D eigenvalue weighted by atomic mass is 9.80. The first-order valence-electron chi connectivity index (χ1n) is 12.6. The van der Waals surface area contributed by atoms with Crippen LogP contribution in [-0.2, 0) is 41.7 Å². The molecule has 1 N–H and O–H groups in total. The van der Waals surface area contributed by atoms with Gasteiger partial charge < -0.3 is 24.4 Å². The molecule has 3 aliphatic rings. The van der Waals surface area contributed by atoms with Crippen molar-refractivity contribution in [3.63, 3.8) is 0 Å². The van der Waals surface area contributed by atoms with Gasteiger partial charge in [-0.05, 0) is 23.3 Å². The van der Waals surface area contributed by atoms with Crippen molar-refractivity contribution in [1.29, 1.82) is 0 Å². The second-order valence-corrected chi connectivity index (χ2v) is 10.8. The summed E-state index contributed by atoms with van der Waals surface area (Å²) in [4.78, 5) is 53.7. The van der Waals surface area contributed by atoms with Gasteiger partial charge in [0.15, 0.2) is 0 Å².